The number of hydrogen-bond acceptors (Lipinski definition) is 2. The number of nitrogens with one attached hydrogen (secondary N) is 1. The first kappa shape index (κ1) is 15.3. The van der Waals surface area contributed by atoms with Crippen LogP contribution in [0.1, 0.15) is 66.2 Å². The molecule has 106 valence electrons. The van der Waals surface area contributed by atoms with Crippen LogP contribution in [0, 0.1) is 11.8 Å². The summed E-state index contributed by atoms with van der Waals surface area (Å²) in [4.78, 5) is 11.9. The van der Waals surface area contributed by atoms with Gasteiger partial charge in [0.2, 0.25) is 0 Å². The van der Waals surface area contributed by atoms with Crippen molar-refractivity contribution < 1.29 is 9.53 Å². The van der Waals surface area contributed by atoms with Gasteiger partial charge in [0, 0.05) is 6.04 Å². The van der Waals surface area contributed by atoms with Crippen molar-refractivity contribution in [3.05, 3.63) is 0 Å². The lowest BCUT2D eigenvalue weighted by Gasteiger charge is -2.26. The fraction of sp³-hybridized carbons (Fsp3) is 0.933. The predicted molar refractivity (Wildman–Crippen MR) is 74.6 cm³/mol. The molecule has 0 bridgehead atoms. The van der Waals surface area contributed by atoms with Crippen molar-refractivity contribution in [3.8, 4) is 0 Å². The minimum Gasteiger partial charge on any atom is -0.446 e. The molecular formula is C15H29NO2. The SMILES string of the molecule is CC(C)CC(OC(=O)NC1CCCCC1)C(C)C. The van der Waals surface area contributed by atoms with Crippen LogP contribution in [0.5, 0.6) is 0 Å². The topological polar surface area (TPSA) is 38.3 Å². The number of hydrogen-bond donors (Lipinski definition) is 1. The second-order valence-corrected chi connectivity index (χ2v) is 6.30. The molecule has 1 fully saturated rings. The molecule has 1 amide bonds. The Morgan fingerprint density at radius 2 is 1.78 bits per heavy atom. The lowest BCUT2D eigenvalue weighted by molar-refractivity contribution is 0.0548. The van der Waals surface area contributed by atoms with Crippen molar-refractivity contribution in [2.75, 3.05) is 0 Å². The van der Waals surface area contributed by atoms with Gasteiger partial charge in [-0.25, -0.2) is 4.79 Å². The third-order valence-corrected chi connectivity index (χ3v) is 3.63. The summed E-state index contributed by atoms with van der Waals surface area (Å²) in [7, 11) is 0. The van der Waals surface area contributed by atoms with E-state index in [0.717, 1.165) is 19.3 Å². The number of amides is 1. The van der Waals surface area contributed by atoms with Gasteiger partial charge in [-0.3, -0.25) is 0 Å². The van der Waals surface area contributed by atoms with E-state index in [-0.39, 0.29) is 12.2 Å². The maximum absolute atomic E-state index is 11.9. The third kappa shape index (κ3) is 5.74. The molecule has 1 saturated carbocycles. The fourth-order valence-corrected chi connectivity index (χ4v) is 2.51. The fourth-order valence-electron chi connectivity index (χ4n) is 2.51. The molecule has 1 atom stereocenters. The molecule has 0 aromatic rings. The first-order chi connectivity index (χ1) is 8.49. The summed E-state index contributed by atoms with van der Waals surface area (Å²) in [6.07, 6.45) is 6.71. The normalized spacial score (nSPS) is 19.0. The lowest BCUT2D eigenvalue weighted by Crippen LogP contribution is -2.39. The van der Waals surface area contributed by atoms with Crippen molar-refractivity contribution in [1.82, 2.24) is 5.32 Å². The zero-order valence-corrected chi connectivity index (χ0v) is 12.4. The van der Waals surface area contributed by atoms with Crippen molar-refractivity contribution in [2.45, 2.75) is 78.4 Å². The van der Waals surface area contributed by atoms with Gasteiger partial charge in [-0.05, 0) is 31.1 Å². The zero-order chi connectivity index (χ0) is 13.5. The van der Waals surface area contributed by atoms with Crippen molar-refractivity contribution in [3.63, 3.8) is 0 Å². The predicted octanol–water partition coefficient (Wildman–Crippen LogP) is 4.12. The van der Waals surface area contributed by atoms with E-state index in [4.69, 9.17) is 4.74 Å². The maximum Gasteiger partial charge on any atom is 0.407 e. The van der Waals surface area contributed by atoms with Gasteiger partial charge < -0.3 is 10.1 Å². The third-order valence-electron chi connectivity index (χ3n) is 3.63. The first-order valence-electron chi connectivity index (χ1n) is 7.46. The maximum atomic E-state index is 11.9. The average Bonchev–Trinajstić information content (AvgIpc) is 2.28. The Kier molecular flexibility index (Phi) is 6.51. The molecular weight excluding hydrogens is 226 g/mol. The number of ether oxygens (including phenoxy) is 1. The van der Waals surface area contributed by atoms with Crippen LogP contribution < -0.4 is 5.32 Å². The second-order valence-electron chi connectivity index (χ2n) is 6.30. The largest absolute Gasteiger partial charge is 0.446 e. The van der Waals surface area contributed by atoms with E-state index in [1.165, 1.54) is 19.3 Å². The molecule has 1 aliphatic rings. The van der Waals surface area contributed by atoms with Gasteiger partial charge in [-0.2, -0.15) is 0 Å². The molecule has 0 aromatic carbocycles. The Bertz CT molecular complexity index is 245. The van der Waals surface area contributed by atoms with Crippen LogP contribution in [-0.2, 0) is 4.74 Å². The highest BCUT2D eigenvalue weighted by molar-refractivity contribution is 5.67. The molecule has 3 nitrogen and oxygen atoms in total. The highest BCUT2D eigenvalue weighted by Crippen LogP contribution is 2.19. The summed E-state index contributed by atoms with van der Waals surface area (Å²) >= 11 is 0. The number of carbonyl (C=O) groups is 1. The van der Waals surface area contributed by atoms with E-state index in [0.29, 0.717) is 17.9 Å². The van der Waals surface area contributed by atoms with Gasteiger partial charge >= 0.3 is 6.09 Å². The van der Waals surface area contributed by atoms with Crippen LogP contribution in [0.15, 0.2) is 0 Å². The van der Waals surface area contributed by atoms with Gasteiger partial charge in [-0.1, -0.05) is 47.0 Å². The molecule has 0 aromatic heterocycles. The summed E-state index contributed by atoms with van der Waals surface area (Å²) in [5.41, 5.74) is 0. The van der Waals surface area contributed by atoms with E-state index in [9.17, 15) is 4.79 Å². The van der Waals surface area contributed by atoms with E-state index in [1.54, 1.807) is 0 Å². The van der Waals surface area contributed by atoms with E-state index >= 15 is 0 Å². The van der Waals surface area contributed by atoms with Gasteiger partial charge in [0.15, 0.2) is 0 Å². The standard InChI is InChI=1S/C15H29NO2/c1-11(2)10-14(12(3)4)18-15(17)16-13-8-6-5-7-9-13/h11-14H,5-10H2,1-4H3,(H,16,17). The van der Waals surface area contributed by atoms with Gasteiger partial charge in [0.25, 0.3) is 0 Å². The molecule has 1 aliphatic carbocycles. The van der Waals surface area contributed by atoms with Crippen molar-refractivity contribution in [2.24, 2.45) is 11.8 Å². The Hall–Kier alpha value is -0.730. The summed E-state index contributed by atoms with van der Waals surface area (Å²) in [5.74, 6) is 0.935. The van der Waals surface area contributed by atoms with Crippen LogP contribution in [-0.4, -0.2) is 18.2 Å². The van der Waals surface area contributed by atoms with Crippen LogP contribution in [0.25, 0.3) is 0 Å². The quantitative estimate of drug-likeness (QED) is 0.802. The number of carbonyl (C=O) groups excluding carboxylic acids is 1. The van der Waals surface area contributed by atoms with Crippen molar-refractivity contribution >= 4 is 6.09 Å². The van der Waals surface area contributed by atoms with Crippen LogP contribution in [0.2, 0.25) is 0 Å². The summed E-state index contributed by atoms with van der Waals surface area (Å²) in [6, 6.07) is 0.332. The molecule has 18 heavy (non-hydrogen) atoms. The van der Waals surface area contributed by atoms with E-state index < -0.39 is 0 Å². The Morgan fingerprint density at radius 1 is 1.17 bits per heavy atom. The molecule has 0 radical (unpaired) electrons. The van der Waals surface area contributed by atoms with Crippen LogP contribution >= 0.6 is 0 Å². The number of alkyl carbamates (subject to hydrolysis) is 1. The minimum atomic E-state index is -0.221. The monoisotopic (exact) mass is 255 g/mol. The molecule has 0 saturated heterocycles. The van der Waals surface area contributed by atoms with Gasteiger partial charge in [0.05, 0.1) is 0 Å². The molecule has 0 spiro atoms. The van der Waals surface area contributed by atoms with Gasteiger partial charge in [0.1, 0.15) is 6.10 Å². The molecule has 1 rings (SSSR count). The Morgan fingerprint density at radius 3 is 2.28 bits per heavy atom. The van der Waals surface area contributed by atoms with E-state index in [1.807, 2.05) is 0 Å². The second kappa shape index (κ2) is 7.65. The summed E-state index contributed by atoms with van der Waals surface area (Å²) in [6.45, 7) is 8.55. The zero-order valence-electron chi connectivity index (χ0n) is 12.4. The molecule has 1 unspecified atom stereocenters. The highest BCUT2D eigenvalue weighted by Gasteiger charge is 2.22. The van der Waals surface area contributed by atoms with Gasteiger partial charge in [-0.15, -0.1) is 0 Å². The van der Waals surface area contributed by atoms with Crippen LogP contribution in [0.4, 0.5) is 4.79 Å². The van der Waals surface area contributed by atoms with E-state index in [2.05, 4.69) is 33.0 Å². The molecule has 0 aliphatic heterocycles. The number of rotatable bonds is 5. The summed E-state index contributed by atoms with van der Waals surface area (Å²) < 4.78 is 5.58. The van der Waals surface area contributed by atoms with Crippen molar-refractivity contribution in [1.29, 1.82) is 0 Å². The highest BCUT2D eigenvalue weighted by atomic mass is 16.6. The molecule has 1 N–H and O–H groups in total. The minimum absolute atomic E-state index is 0.0357. The average molecular weight is 255 g/mol. The Balaban J connectivity index is 2.35. The smallest absolute Gasteiger partial charge is 0.407 e. The molecule has 3 heteroatoms. The molecule has 0 heterocycles. The van der Waals surface area contributed by atoms with Crippen LogP contribution in [0.3, 0.4) is 0 Å². The summed E-state index contributed by atoms with van der Waals surface area (Å²) in [5, 5.41) is 3.02. The first-order valence-corrected chi connectivity index (χ1v) is 7.46. The Labute approximate surface area is 112 Å². The lowest BCUT2D eigenvalue weighted by atomic mass is 9.96.